The van der Waals surface area contributed by atoms with E-state index in [0.29, 0.717) is 11.3 Å². The molecule has 130 valence electrons. The molecule has 0 unspecified atom stereocenters. The van der Waals surface area contributed by atoms with Crippen molar-refractivity contribution in [2.75, 3.05) is 5.32 Å². The van der Waals surface area contributed by atoms with Crippen LogP contribution in [-0.4, -0.2) is 22.7 Å². The average Bonchev–Trinajstić information content (AvgIpc) is 2.56. The molecule has 0 aliphatic rings. The second-order valence-electron chi connectivity index (χ2n) is 5.26. The van der Waals surface area contributed by atoms with Gasteiger partial charge < -0.3 is 10.1 Å². The number of nitrogens with zero attached hydrogens (tertiary/aromatic N) is 1. The van der Waals surface area contributed by atoms with Crippen molar-refractivity contribution in [3.05, 3.63) is 63.2 Å². The van der Waals surface area contributed by atoms with Crippen LogP contribution in [0.2, 0.25) is 5.02 Å². The molecule has 0 spiro atoms. The van der Waals surface area contributed by atoms with Crippen molar-refractivity contribution in [1.29, 1.82) is 0 Å². The van der Waals surface area contributed by atoms with E-state index in [0.717, 1.165) is 6.07 Å². The molecule has 7 nitrogen and oxygen atoms in total. The Balaban J connectivity index is 2.07. The van der Waals surface area contributed by atoms with Gasteiger partial charge in [0.2, 0.25) is 0 Å². The number of nitrogens with one attached hydrogen (secondary N) is 1. The minimum absolute atomic E-state index is 0.0347. The number of nitro groups is 1. The monoisotopic (exact) mass is 362 g/mol. The third-order valence-electron chi connectivity index (χ3n) is 3.34. The summed E-state index contributed by atoms with van der Waals surface area (Å²) in [4.78, 5) is 33.7. The third-order valence-corrected chi connectivity index (χ3v) is 3.63. The minimum atomic E-state index is -0.903. The maximum Gasteiger partial charge on any atom is 0.271 e. The van der Waals surface area contributed by atoms with Gasteiger partial charge in [0.25, 0.3) is 11.6 Å². The van der Waals surface area contributed by atoms with Crippen LogP contribution in [0.3, 0.4) is 0 Å². The Morgan fingerprint density at radius 2 is 1.96 bits per heavy atom. The van der Waals surface area contributed by atoms with Gasteiger partial charge in [0.15, 0.2) is 11.9 Å². The third kappa shape index (κ3) is 4.77. The summed E-state index contributed by atoms with van der Waals surface area (Å²) in [5.41, 5.74) is 0.767. The zero-order valence-corrected chi connectivity index (χ0v) is 14.2. The highest BCUT2D eigenvalue weighted by atomic mass is 35.5. The molecule has 0 saturated heterocycles. The van der Waals surface area contributed by atoms with E-state index in [1.54, 1.807) is 24.3 Å². The number of anilines is 1. The fourth-order valence-electron chi connectivity index (χ4n) is 2.00. The number of non-ortho nitro benzene ring substituents is 1. The fourth-order valence-corrected chi connectivity index (χ4v) is 2.22. The SMILES string of the molecule is CC(=O)c1cccc(NC(=O)[C@@H](C)Oc2ccc([N+](=O)[O-])cc2Cl)c1. The summed E-state index contributed by atoms with van der Waals surface area (Å²) >= 11 is 5.94. The van der Waals surface area contributed by atoms with Crippen molar-refractivity contribution in [3.63, 3.8) is 0 Å². The first-order valence-corrected chi connectivity index (χ1v) is 7.68. The Bertz CT molecular complexity index is 838. The van der Waals surface area contributed by atoms with Gasteiger partial charge >= 0.3 is 0 Å². The van der Waals surface area contributed by atoms with Gasteiger partial charge in [0.05, 0.1) is 9.95 Å². The number of benzene rings is 2. The molecule has 0 saturated carbocycles. The summed E-state index contributed by atoms with van der Waals surface area (Å²) < 4.78 is 5.46. The topological polar surface area (TPSA) is 98.5 Å². The van der Waals surface area contributed by atoms with Crippen LogP contribution in [0.15, 0.2) is 42.5 Å². The molecule has 0 bridgehead atoms. The highest BCUT2D eigenvalue weighted by molar-refractivity contribution is 6.32. The van der Waals surface area contributed by atoms with E-state index < -0.39 is 16.9 Å². The summed E-state index contributed by atoms with van der Waals surface area (Å²) in [5, 5.41) is 13.4. The Hall–Kier alpha value is -2.93. The Kier molecular flexibility index (Phi) is 5.71. The van der Waals surface area contributed by atoms with E-state index in [1.807, 2.05) is 0 Å². The second-order valence-corrected chi connectivity index (χ2v) is 5.67. The molecule has 2 aromatic carbocycles. The maximum absolute atomic E-state index is 12.2. The molecule has 25 heavy (non-hydrogen) atoms. The summed E-state index contributed by atoms with van der Waals surface area (Å²) in [7, 11) is 0. The van der Waals surface area contributed by atoms with Crippen LogP contribution in [0.5, 0.6) is 5.75 Å². The number of carbonyl (C=O) groups excluding carboxylic acids is 2. The Morgan fingerprint density at radius 3 is 2.56 bits per heavy atom. The fraction of sp³-hybridized carbons (Fsp3) is 0.176. The zero-order chi connectivity index (χ0) is 18.6. The van der Waals surface area contributed by atoms with E-state index >= 15 is 0 Å². The molecule has 0 fully saturated rings. The number of rotatable bonds is 6. The number of nitro benzene ring substituents is 1. The number of hydrogen-bond acceptors (Lipinski definition) is 5. The van der Waals surface area contributed by atoms with Crippen molar-refractivity contribution in [2.45, 2.75) is 20.0 Å². The minimum Gasteiger partial charge on any atom is -0.479 e. The number of halogens is 1. The highest BCUT2D eigenvalue weighted by Gasteiger charge is 2.18. The molecule has 0 aliphatic heterocycles. The van der Waals surface area contributed by atoms with Gasteiger partial charge in [-0.2, -0.15) is 0 Å². The second kappa shape index (κ2) is 7.76. The molecule has 2 aromatic rings. The lowest BCUT2D eigenvalue weighted by Crippen LogP contribution is -2.30. The van der Waals surface area contributed by atoms with Gasteiger partial charge in [0, 0.05) is 23.4 Å². The van der Waals surface area contributed by atoms with Crippen LogP contribution >= 0.6 is 11.6 Å². The van der Waals surface area contributed by atoms with Crippen molar-refractivity contribution in [1.82, 2.24) is 0 Å². The smallest absolute Gasteiger partial charge is 0.271 e. The predicted molar refractivity (Wildman–Crippen MR) is 93.3 cm³/mol. The lowest BCUT2D eigenvalue weighted by Gasteiger charge is -2.15. The van der Waals surface area contributed by atoms with Crippen molar-refractivity contribution >= 4 is 34.7 Å². The molecule has 0 radical (unpaired) electrons. The van der Waals surface area contributed by atoms with E-state index in [1.165, 1.54) is 26.0 Å². The van der Waals surface area contributed by atoms with Gasteiger partial charge in [-0.05, 0) is 32.0 Å². The first-order valence-electron chi connectivity index (χ1n) is 7.30. The van der Waals surface area contributed by atoms with E-state index in [4.69, 9.17) is 16.3 Å². The number of ketones is 1. The Morgan fingerprint density at radius 1 is 1.24 bits per heavy atom. The van der Waals surface area contributed by atoms with E-state index in [9.17, 15) is 19.7 Å². The van der Waals surface area contributed by atoms with E-state index in [-0.39, 0.29) is 22.2 Å². The van der Waals surface area contributed by atoms with Crippen LogP contribution < -0.4 is 10.1 Å². The molecule has 2 rings (SSSR count). The molecule has 0 aromatic heterocycles. The van der Waals surface area contributed by atoms with Gasteiger partial charge in [-0.1, -0.05) is 23.7 Å². The van der Waals surface area contributed by atoms with Crippen LogP contribution in [-0.2, 0) is 4.79 Å². The molecule has 0 heterocycles. The lowest BCUT2D eigenvalue weighted by atomic mass is 10.1. The number of hydrogen-bond donors (Lipinski definition) is 1. The quantitative estimate of drug-likeness (QED) is 0.478. The average molecular weight is 363 g/mol. The highest BCUT2D eigenvalue weighted by Crippen LogP contribution is 2.29. The predicted octanol–water partition coefficient (Wildman–Crippen LogP) is 3.86. The van der Waals surface area contributed by atoms with Gasteiger partial charge in [-0.25, -0.2) is 0 Å². The number of carbonyl (C=O) groups is 2. The van der Waals surface area contributed by atoms with Crippen LogP contribution in [0, 0.1) is 10.1 Å². The molecular formula is C17H15ClN2O5. The number of ether oxygens (including phenoxy) is 1. The van der Waals surface area contributed by atoms with Crippen molar-refractivity contribution < 1.29 is 19.2 Å². The normalized spacial score (nSPS) is 11.5. The summed E-state index contributed by atoms with van der Waals surface area (Å²) in [6, 6.07) is 10.2. The molecule has 1 N–H and O–H groups in total. The standard InChI is InChI=1S/C17H15ClN2O5/c1-10(21)12-4-3-5-13(8-12)19-17(22)11(2)25-16-7-6-14(20(23)24)9-15(16)18/h3-9,11H,1-2H3,(H,19,22)/t11-/m1/s1. The molecule has 1 atom stereocenters. The maximum atomic E-state index is 12.2. The largest absolute Gasteiger partial charge is 0.479 e. The van der Waals surface area contributed by atoms with Gasteiger partial charge in [-0.15, -0.1) is 0 Å². The molecule has 1 amide bonds. The number of Topliss-reactive ketones (excluding diaryl/α,β-unsaturated/α-hetero) is 1. The van der Waals surface area contributed by atoms with E-state index in [2.05, 4.69) is 5.32 Å². The van der Waals surface area contributed by atoms with Crippen molar-refractivity contribution in [2.24, 2.45) is 0 Å². The molecule has 8 heteroatoms. The molecule has 0 aliphatic carbocycles. The first kappa shape index (κ1) is 18.4. The summed E-state index contributed by atoms with van der Waals surface area (Å²) in [6.07, 6.45) is -0.903. The van der Waals surface area contributed by atoms with Crippen LogP contribution in [0.1, 0.15) is 24.2 Å². The van der Waals surface area contributed by atoms with Crippen LogP contribution in [0.25, 0.3) is 0 Å². The Labute approximate surface area is 148 Å². The summed E-state index contributed by atoms with van der Waals surface area (Å²) in [6.45, 7) is 2.95. The van der Waals surface area contributed by atoms with Gasteiger partial charge in [-0.3, -0.25) is 19.7 Å². The summed E-state index contributed by atoms with van der Waals surface area (Å²) in [5.74, 6) is -0.402. The molecular weight excluding hydrogens is 348 g/mol. The van der Waals surface area contributed by atoms with Gasteiger partial charge in [0.1, 0.15) is 5.75 Å². The van der Waals surface area contributed by atoms with Crippen molar-refractivity contribution in [3.8, 4) is 5.75 Å². The number of amides is 1. The lowest BCUT2D eigenvalue weighted by molar-refractivity contribution is -0.384. The van der Waals surface area contributed by atoms with Crippen LogP contribution in [0.4, 0.5) is 11.4 Å². The zero-order valence-electron chi connectivity index (χ0n) is 13.5. The first-order chi connectivity index (χ1) is 11.8.